The van der Waals surface area contributed by atoms with Crippen LogP contribution in [0.3, 0.4) is 0 Å². The van der Waals surface area contributed by atoms with E-state index in [1.165, 1.54) is 6.07 Å². The lowest BCUT2D eigenvalue weighted by atomic mass is 9.95. The highest BCUT2D eigenvalue weighted by atomic mass is 19.2. The van der Waals surface area contributed by atoms with Crippen LogP contribution in [0, 0.1) is 28.9 Å². The Bertz CT molecular complexity index is 969. The van der Waals surface area contributed by atoms with E-state index in [2.05, 4.69) is 45.0 Å². The number of hydrazine groups is 1. The predicted molar refractivity (Wildman–Crippen MR) is 137 cm³/mol. The van der Waals surface area contributed by atoms with Gasteiger partial charge in [-0.1, -0.05) is 71.2 Å². The second-order valence-corrected chi connectivity index (χ2v) is 8.65. The Morgan fingerprint density at radius 2 is 1.88 bits per heavy atom. The van der Waals surface area contributed by atoms with Crippen molar-refractivity contribution in [2.45, 2.75) is 52.6 Å². The van der Waals surface area contributed by atoms with E-state index in [4.69, 9.17) is 0 Å². The third kappa shape index (κ3) is 8.09. The standard InChI is InChI=1S/C28H38F2N4/c1-9-13-27(34(8)33(7)19-22-14-12-15-26(29)28(22)30)25(18-31)24(11-3)21(6)32-23(10-2)17-16-20(4)5/h10-12,14-15,17,20,27,32H,2-3,6,9,13,16,19H2,1,4-5,7-8H3/b23-17+,25-24+. The highest BCUT2D eigenvalue weighted by molar-refractivity contribution is 5.49. The van der Waals surface area contributed by atoms with E-state index < -0.39 is 11.6 Å². The van der Waals surface area contributed by atoms with Gasteiger partial charge in [-0.15, -0.1) is 0 Å². The lowest BCUT2D eigenvalue weighted by Crippen LogP contribution is -2.45. The minimum Gasteiger partial charge on any atom is -0.356 e. The fourth-order valence-electron chi connectivity index (χ4n) is 3.56. The molecule has 0 heterocycles. The van der Waals surface area contributed by atoms with E-state index >= 15 is 0 Å². The van der Waals surface area contributed by atoms with Crippen molar-refractivity contribution < 1.29 is 8.78 Å². The minimum atomic E-state index is -0.879. The third-order valence-corrected chi connectivity index (χ3v) is 5.58. The van der Waals surface area contributed by atoms with Crippen LogP contribution >= 0.6 is 0 Å². The summed E-state index contributed by atoms with van der Waals surface area (Å²) in [6.07, 6.45) is 7.77. The molecule has 0 saturated carbocycles. The molecule has 0 aliphatic rings. The zero-order valence-electron chi connectivity index (χ0n) is 21.2. The first-order valence-electron chi connectivity index (χ1n) is 11.5. The zero-order valence-corrected chi connectivity index (χ0v) is 21.2. The quantitative estimate of drug-likeness (QED) is 0.189. The first kappa shape index (κ1) is 29.0. The molecule has 1 N–H and O–H groups in total. The molecule has 1 rings (SSSR count). The molecule has 0 bridgehead atoms. The van der Waals surface area contributed by atoms with Gasteiger partial charge in [-0.05, 0) is 30.9 Å². The van der Waals surface area contributed by atoms with Crippen molar-refractivity contribution in [2.75, 3.05) is 14.1 Å². The van der Waals surface area contributed by atoms with Crippen molar-refractivity contribution in [3.63, 3.8) is 0 Å². The van der Waals surface area contributed by atoms with Crippen molar-refractivity contribution in [2.24, 2.45) is 5.92 Å². The summed E-state index contributed by atoms with van der Waals surface area (Å²) in [6, 6.07) is 6.17. The molecule has 184 valence electrons. The Morgan fingerprint density at radius 1 is 1.21 bits per heavy atom. The molecule has 0 spiro atoms. The summed E-state index contributed by atoms with van der Waals surface area (Å²) in [4.78, 5) is 0. The van der Waals surface area contributed by atoms with E-state index in [-0.39, 0.29) is 18.2 Å². The highest BCUT2D eigenvalue weighted by Crippen LogP contribution is 2.25. The van der Waals surface area contributed by atoms with Gasteiger partial charge < -0.3 is 5.32 Å². The van der Waals surface area contributed by atoms with Crippen molar-refractivity contribution >= 4 is 0 Å². The molecule has 1 aromatic carbocycles. The Hall–Kier alpha value is -3.01. The summed E-state index contributed by atoms with van der Waals surface area (Å²) >= 11 is 0. The molecule has 0 aliphatic carbocycles. The number of allylic oxidation sites excluding steroid dienone is 3. The van der Waals surface area contributed by atoms with Gasteiger partial charge >= 0.3 is 0 Å². The van der Waals surface area contributed by atoms with Gasteiger partial charge in [0.05, 0.1) is 17.7 Å². The Morgan fingerprint density at radius 3 is 2.41 bits per heavy atom. The van der Waals surface area contributed by atoms with Crippen LogP contribution in [0.4, 0.5) is 8.78 Å². The van der Waals surface area contributed by atoms with Crippen LogP contribution in [-0.2, 0) is 6.54 Å². The van der Waals surface area contributed by atoms with Crippen molar-refractivity contribution in [3.05, 3.63) is 95.9 Å². The summed E-state index contributed by atoms with van der Waals surface area (Å²) in [5.41, 5.74) is 2.71. The molecular formula is C28H38F2N4. The minimum absolute atomic E-state index is 0.153. The van der Waals surface area contributed by atoms with Crippen molar-refractivity contribution in [3.8, 4) is 6.07 Å². The first-order chi connectivity index (χ1) is 16.1. The fourth-order valence-corrected chi connectivity index (χ4v) is 3.56. The molecule has 0 aliphatic heterocycles. The molecule has 6 heteroatoms. The topological polar surface area (TPSA) is 42.3 Å². The third-order valence-electron chi connectivity index (χ3n) is 5.58. The number of likely N-dealkylation sites (N-methyl/N-ethyl adjacent to an activating group) is 1. The Labute approximate surface area is 204 Å². The number of rotatable bonds is 14. The average Bonchev–Trinajstić information content (AvgIpc) is 2.80. The number of hydrogen-bond donors (Lipinski definition) is 1. The average molecular weight is 469 g/mol. The van der Waals surface area contributed by atoms with Gasteiger partial charge in [0.2, 0.25) is 0 Å². The predicted octanol–water partition coefficient (Wildman–Crippen LogP) is 6.64. The summed E-state index contributed by atoms with van der Waals surface area (Å²) in [6.45, 7) is 18.4. The number of nitrogens with zero attached hydrogens (tertiary/aromatic N) is 3. The molecule has 0 radical (unpaired) electrons. The maximum absolute atomic E-state index is 14.2. The Balaban J connectivity index is 3.29. The normalized spacial score (nSPS) is 13.5. The van der Waals surface area contributed by atoms with Crippen LogP contribution in [-0.4, -0.2) is 30.2 Å². The molecule has 0 aromatic heterocycles. The second-order valence-electron chi connectivity index (χ2n) is 8.65. The molecule has 0 fully saturated rings. The SMILES string of the molecule is C=C/C(C(=C)N/C(C=C)=C/CC(C)C)=C(/C#N)C(CCC)N(C)N(C)Cc1cccc(F)c1F. The molecule has 1 aromatic rings. The first-order valence-corrected chi connectivity index (χ1v) is 11.5. The monoisotopic (exact) mass is 468 g/mol. The molecule has 1 unspecified atom stereocenters. The van der Waals surface area contributed by atoms with Gasteiger partial charge in [0.25, 0.3) is 0 Å². The Kier molecular flexibility index (Phi) is 12.2. The van der Waals surface area contributed by atoms with Gasteiger partial charge in [0, 0.05) is 43.2 Å². The van der Waals surface area contributed by atoms with Crippen LogP contribution in [0.2, 0.25) is 0 Å². The van der Waals surface area contributed by atoms with Crippen LogP contribution in [0.15, 0.2) is 78.7 Å². The fraction of sp³-hybridized carbons (Fsp3) is 0.393. The van der Waals surface area contributed by atoms with E-state index in [0.29, 0.717) is 29.2 Å². The number of benzene rings is 1. The van der Waals surface area contributed by atoms with Gasteiger partial charge in [-0.3, -0.25) is 0 Å². The number of halogens is 2. The van der Waals surface area contributed by atoms with Crippen LogP contribution < -0.4 is 5.32 Å². The van der Waals surface area contributed by atoms with Crippen molar-refractivity contribution in [1.29, 1.82) is 5.26 Å². The maximum atomic E-state index is 14.2. The van der Waals surface area contributed by atoms with Crippen molar-refractivity contribution in [1.82, 2.24) is 15.3 Å². The summed E-state index contributed by atoms with van der Waals surface area (Å²) in [5, 5.41) is 17.0. The van der Waals surface area contributed by atoms with Gasteiger partial charge in [-0.25, -0.2) is 18.8 Å². The van der Waals surface area contributed by atoms with E-state index in [9.17, 15) is 14.0 Å². The summed E-state index contributed by atoms with van der Waals surface area (Å²) in [7, 11) is 3.62. The molecule has 0 saturated heterocycles. The molecule has 4 nitrogen and oxygen atoms in total. The maximum Gasteiger partial charge on any atom is 0.163 e. The smallest absolute Gasteiger partial charge is 0.163 e. The zero-order chi connectivity index (χ0) is 25.8. The highest BCUT2D eigenvalue weighted by Gasteiger charge is 2.26. The molecular weight excluding hydrogens is 430 g/mol. The largest absolute Gasteiger partial charge is 0.356 e. The van der Waals surface area contributed by atoms with Crippen LogP contribution in [0.25, 0.3) is 0 Å². The second kappa shape index (κ2) is 14.3. The number of nitrogens with one attached hydrogen (secondary N) is 1. The lowest BCUT2D eigenvalue weighted by Gasteiger charge is -2.36. The van der Waals surface area contributed by atoms with E-state index in [0.717, 1.165) is 24.6 Å². The van der Waals surface area contributed by atoms with Gasteiger partial charge in [-0.2, -0.15) is 5.26 Å². The van der Waals surface area contributed by atoms with Gasteiger partial charge in [0.1, 0.15) is 0 Å². The molecule has 34 heavy (non-hydrogen) atoms. The lowest BCUT2D eigenvalue weighted by molar-refractivity contribution is -0.0117. The summed E-state index contributed by atoms with van der Waals surface area (Å²) in [5.74, 6) is -1.24. The summed E-state index contributed by atoms with van der Waals surface area (Å²) < 4.78 is 27.9. The van der Waals surface area contributed by atoms with E-state index in [1.54, 1.807) is 30.3 Å². The number of hydrogen-bond acceptors (Lipinski definition) is 4. The van der Waals surface area contributed by atoms with E-state index in [1.807, 2.05) is 25.1 Å². The number of nitriles is 1. The van der Waals surface area contributed by atoms with Gasteiger partial charge in [0.15, 0.2) is 11.6 Å². The van der Waals surface area contributed by atoms with Crippen LogP contribution in [0.5, 0.6) is 0 Å². The molecule has 1 atom stereocenters. The molecule has 0 amide bonds. The van der Waals surface area contributed by atoms with Crippen LogP contribution in [0.1, 0.15) is 45.6 Å².